The zero-order valence-electron chi connectivity index (χ0n) is 10.6. The molecule has 0 amide bonds. The van der Waals surface area contributed by atoms with E-state index in [4.69, 9.17) is 0 Å². The molecule has 1 unspecified atom stereocenters. The Morgan fingerprint density at radius 2 is 2.47 bits per heavy atom. The molecule has 1 atom stereocenters. The quantitative estimate of drug-likeness (QED) is 0.861. The van der Waals surface area contributed by atoms with Crippen molar-refractivity contribution in [3.63, 3.8) is 0 Å². The SMILES string of the molecule is O=C(CN1CCCC(F)C1)c1c[nH]c2ncccc12. The van der Waals surface area contributed by atoms with E-state index in [0.717, 1.165) is 18.4 Å². The summed E-state index contributed by atoms with van der Waals surface area (Å²) >= 11 is 0. The van der Waals surface area contributed by atoms with Gasteiger partial charge in [-0.3, -0.25) is 9.69 Å². The van der Waals surface area contributed by atoms with E-state index in [2.05, 4.69) is 9.97 Å². The first-order valence-electron chi connectivity index (χ1n) is 6.56. The molecule has 1 aliphatic rings. The lowest BCUT2D eigenvalue weighted by molar-refractivity contribution is 0.0859. The predicted molar refractivity (Wildman–Crippen MR) is 71.0 cm³/mol. The molecule has 4 nitrogen and oxygen atoms in total. The van der Waals surface area contributed by atoms with Crippen molar-refractivity contribution in [3.8, 4) is 0 Å². The number of halogens is 1. The minimum atomic E-state index is -0.800. The number of likely N-dealkylation sites (tertiary alicyclic amines) is 1. The Hall–Kier alpha value is -1.75. The second-order valence-electron chi connectivity index (χ2n) is 5.00. The first-order valence-corrected chi connectivity index (χ1v) is 6.56. The maximum Gasteiger partial charge on any atom is 0.179 e. The summed E-state index contributed by atoms with van der Waals surface area (Å²) in [4.78, 5) is 21.3. The highest BCUT2D eigenvalue weighted by atomic mass is 19.1. The molecule has 1 fully saturated rings. The number of Topliss-reactive ketones (excluding diaryl/α,β-unsaturated/α-hetero) is 1. The van der Waals surface area contributed by atoms with Crippen LogP contribution in [0, 0.1) is 0 Å². The molecule has 0 aromatic carbocycles. The van der Waals surface area contributed by atoms with Crippen molar-refractivity contribution in [2.45, 2.75) is 19.0 Å². The number of aromatic amines is 1. The van der Waals surface area contributed by atoms with Gasteiger partial charge in [-0.1, -0.05) is 0 Å². The standard InChI is InChI=1S/C14H16FN3O/c15-10-3-2-6-18(8-10)9-13(19)12-7-17-14-11(12)4-1-5-16-14/h1,4-5,7,10H,2-3,6,8-9H2,(H,16,17). The summed E-state index contributed by atoms with van der Waals surface area (Å²) in [6.07, 6.45) is 4.01. The van der Waals surface area contributed by atoms with E-state index < -0.39 is 6.17 Å². The Morgan fingerprint density at radius 1 is 1.58 bits per heavy atom. The summed E-state index contributed by atoms with van der Waals surface area (Å²) in [5.41, 5.74) is 1.36. The van der Waals surface area contributed by atoms with Gasteiger partial charge in [0.1, 0.15) is 11.8 Å². The molecular formula is C14H16FN3O. The second-order valence-corrected chi connectivity index (χ2v) is 5.00. The predicted octanol–water partition coefficient (Wildman–Crippen LogP) is 2.18. The Kier molecular flexibility index (Phi) is 3.29. The molecule has 100 valence electrons. The van der Waals surface area contributed by atoms with Crippen molar-refractivity contribution in [2.75, 3.05) is 19.6 Å². The topological polar surface area (TPSA) is 49.0 Å². The van der Waals surface area contributed by atoms with Crippen LogP contribution in [0.25, 0.3) is 11.0 Å². The summed E-state index contributed by atoms with van der Waals surface area (Å²) in [5.74, 6) is 0.0216. The van der Waals surface area contributed by atoms with Gasteiger partial charge in [-0.2, -0.15) is 0 Å². The van der Waals surface area contributed by atoms with Crippen molar-refractivity contribution in [3.05, 3.63) is 30.1 Å². The average Bonchev–Trinajstić information content (AvgIpc) is 2.82. The number of nitrogens with zero attached hydrogens (tertiary/aromatic N) is 2. The van der Waals surface area contributed by atoms with Crippen LogP contribution in [0.3, 0.4) is 0 Å². The van der Waals surface area contributed by atoms with Crippen LogP contribution >= 0.6 is 0 Å². The highest BCUT2D eigenvalue weighted by Crippen LogP contribution is 2.18. The number of fused-ring (bicyclic) bond motifs is 1. The highest BCUT2D eigenvalue weighted by molar-refractivity contribution is 6.08. The average molecular weight is 261 g/mol. The fraction of sp³-hybridized carbons (Fsp3) is 0.429. The number of H-pyrrole nitrogens is 1. The van der Waals surface area contributed by atoms with E-state index in [-0.39, 0.29) is 12.3 Å². The number of hydrogen-bond acceptors (Lipinski definition) is 3. The molecule has 2 aromatic rings. The number of carbonyl (C=O) groups is 1. The lowest BCUT2D eigenvalue weighted by atomic mass is 10.1. The van der Waals surface area contributed by atoms with Crippen LogP contribution in [0.4, 0.5) is 4.39 Å². The number of piperidine rings is 1. The zero-order chi connectivity index (χ0) is 13.2. The molecule has 0 aliphatic carbocycles. The number of aromatic nitrogens is 2. The normalized spacial score (nSPS) is 20.8. The van der Waals surface area contributed by atoms with E-state index in [0.29, 0.717) is 24.2 Å². The number of hydrogen-bond donors (Lipinski definition) is 1. The summed E-state index contributed by atoms with van der Waals surface area (Å²) in [6.45, 7) is 1.45. The molecule has 0 saturated carbocycles. The van der Waals surface area contributed by atoms with Crippen molar-refractivity contribution in [2.24, 2.45) is 0 Å². The lowest BCUT2D eigenvalue weighted by Gasteiger charge is -2.27. The number of alkyl halides is 1. The summed E-state index contributed by atoms with van der Waals surface area (Å²) in [5, 5.41) is 0.835. The lowest BCUT2D eigenvalue weighted by Crippen LogP contribution is -2.39. The first kappa shape index (κ1) is 12.3. The second kappa shape index (κ2) is 5.09. The van der Waals surface area contributed by atoms with E-state index >= 15 is 0 Å². The van der Waals surface area contributed by atoms with Gasteiger partial charge in [0.05, 0.1) is 6.54 Å². The Labute approximate surface area is 110 Å². The molecule has 1 aliphatic heterocycles. The minimum Gasteiger partial charge on any atom is -0.345 e. The smallest absolute Gasteiger partial charge is 0.179 e. The Balaban J connectivity index is 1.76. The van der Waals surface area contributed by atoms with Gasteiger partial charge in [0.25, 0.3) is 0 Å². The van der Waals surface area contributed by atoms with Crippen LogP contribution in [0.1, 0.15) is 23.2 Å². The molecule has 2 aromatic heterocycles. The molecule has 19 heavy (non-hydrogen) atoms. The van der Waals surface area contributed by atoms with Crippen LogP contribution in [0.5, 0.6) is 0 Å². The summed E-state index contributed by atoms with van der Waals surface area (Å²) in [7, 11) is 0. The minimum absolute atomic E-state index is 0.0216. The third kappa shape index (κ3) is 2.51. The third-order valence-corrected chi connectivity index (χ3v) is 3.57. The van der Waals surface area contributed by atoms with E-state index in [1.165, 1.54) is 0 Å². The molecule has 0 radical (unpaired) electrons. The molecule has 3 rings (SSSR count). The van der Waals surface area contributed by atoms with E-state index in [1.54, 1.807) is 12.4 Å². The van der Waals surface area contributed by atoms with Crippen LogP contribution in [-0.2, 0) is 0 Å². The number of nitrogens with one attached hydrogen (secondary N) is 1. The molecule has 1 N–H and O–H groups in total. The molecule has 0 bridgehead atoms. The molecular weight excluding hydrogens is 245 g/mol. The first-order chi connectivity index (χ1) is 9.24. The Bertz CT molecular complexity index is 595. The Morgan fingerprint density at radius 3 is 3.32 bits per heavy atom. The molecule has 0 spiro atoms. The maximum atomic E-state index is 13.3. The molecule has 1 saturated heterocycles. The fourth-order valence-electron chi connectivity index (χ4n) is 2.62. The molecule has 3 heterocycles. The number of rotatable bonds is 3. The summed E-state index contributed by atoms with van der Waals surface area (Å²) < 4.78 is 13.3. The van der Waals surface area contributed by atoms with Gasteiger partial charge in [0.15, 0.2) is 5.78 Å². The van der Waals surface area contributed by atoms with Crippen molar-refractivity contribution in [1.29, 1.82) is 0 Å². The number of ketones is 1. The highest BCUT2D eigenvalue weighted by Gasteiger charge is 2.22. The van der Waals surface area contributed by atoms with Gasteiger partial charge in [-0.15, -0.1) is 0 Å². The van der Waals surface area contributed by atoms with Crippen molar-refractivity contribution >= 4 is 16.8 Å². The van der Waals surface area contributed by atoms with E-state index in [9.17, 15) is 9.18 Å². The monoisotopic (exact) mass is 261 g/mol. The van der Waals surface area contributed by atoms with Crippen LogP contribution < -0.4 is 0 Å². The summed E-state index contributed by atoms with van der Waals surface area (Å²) in [6, 6.07) is 3.69. The van der Waals surface area contributed by atoms with Gasteiger partial charge in [0.2, 0.25) is 0 Å². The van der Waals surface area contributed by atoms with Gasteiger partial charge in [0, 0.05) is 29.9 Å². The molecule has 5 heteroatoms. The number of carbonyl (C=O) groups excluding carboxylic acids is 1. The van der Waals surface area contributed by atoms with Gasteiger partial charge in [-0.25, -0.2) is 9.37 Å². The maximum absolute atomic E-state index is 13.3. The van der Waals surface area contributed by atoms with Crippen LogP contribution in [0.2, 0.25) is 0 Å². The number of pyridine rings is 1. The van der Waals surface area contributed by atoms with Gasteiger partial charge in [-0.05, 0) is 31.5 Å². The zero-order valence-corrected chi connectivity index (χ0v) is 10.6. The van der Waals surface area contributed by atoms with E-state index in [1.807, 2.05) is 17.0 Å². The van der Waals surface area contributed by atoms with Gasteiger partial charge < -0.3 is 4.98 Å². The fourth-order valence-corrected chi connectivity index (χ4v) is 2.62. The van der Waals surface area contributed by atoms with Crippen LogP contribution in [-0.4, -0.2) is 46.5 Å². The van der Waals surface area contributed by atoms with Gasteiger partial charge >= 0.3 is 0 Å². The largest absolute Gasteiger partial charge is 0.345 e. The van der Waals surface area contributed by atoms with Crippen molar-refractivity contribution < 1.29 is 9.18 Å². The third-order valence-electron chi connectivity index (χ3n) is 3.57. The van der Waals surface area contributed by atoms with Crippen molar-refractivity contribution in [1.82, 2.24) is 14.9 Å². The van der Waals surface area contributed by atoms with Crippen LogP contribution in [0.15, 0.2) is 24.5 Å².